The van der Waals surface area contributed by atoms with Crippen LogP contribution in [0.1, 0.15) is 52.4 Å². The molecule has 1 aliphatic heterocycles. The second-order valence-corrected chi connectivity index (χ2v) is 7.97. The number of ether oxygens (including phenoxy) is 1. The zero-order valence-electron chi connectivity index (χ0n) is 15.1. The lowest BCUT2D eigenvalue weighted by atomic mass is 9.66. The van der Waals surface area contributed by atoms with E-state index in [1.54, 1.807) is 12.1 Å². The van der Waals surface area contributed by atoms with Gasteiger partial charge in [-0.2, -0.15) is 0 Å². The summed E-state index contributed by atoms with van der Waals surface area (Å²) in [7, 11) is -0.716. The topological polar surface area (TPSA) is 85.2 Å². The van der Waals surface area contributed by atoms with Gasteiger partial charge < -0.3 is 24.3 Å². The molecule has 0 saturated carbocycles. The van der Waals surface area contributed by atoms with Crippen molar-refractivity contribution in [3.63, 3.8) is 0 Å². The molecule has 1 fully saturated rings. The minimum atomic E-state index is -0.957. The van der Waals surface area contributed by atoms with E-state index < -0.39 is 30.1 Å². The fourth-order valence-electron chi connectivity index (χ4n) is 2.69. The van der Waals surface area contributed by atoms with E-state index in [1.807, 2.05) is 34.6 Å². The van der Waals surface area contributed by atoms with Crippen LogP contribution in [0.15, 0.2) is 16.6 Å². The molecule has 6 nitrogen and oxygen atoms in total. The highest BCUT2D eigenvalue weighted by Crippen LogP contribution is 2.44. The zero-order valence-corrected chi connectivity index (χ0v) is 16.7. The van der Waals surface area contributed by atoms with Crippen LogP contribution in [0.2, 0.25) is 0 Å². The van der Waals surface area contributed by atoms with E-state index >= 15 is 0 Å². The molecular weight excluding hydrogens is 391 g/mol. The average Bonchev–Trinajstić information content (AvgIpc) is 2.69. The molecule has 1 saturated heterocycles. The summed E-state index contributed by atoms with van der Waals surface area (Å²) in [4.78, 5) is 11.4. The number of carbonyl (C=O) groups is 1. The van der Waals surface area contributed by atoms with Crippen molar-refractivity contribution < 1.29 is 29.1 Å². The molecule has 2 rings (SSSR count). The molecule has 25 heavy (non-hydrogen) atoms. The summed E-state index contributed by atoms with van der Waals surface area (Å²) in [5, 5.41) is 19.5. The molecule has 0 bridgehead atoms. The van der Waals surface area contributed by atoms with Gasteiger partial charge in [0.05, 0.1) is 28.7 Å². The van der Waals surface area contributed by atoms with Crippen molar-refractivity contribution in [3.05, 3.63) is 22.2 Å². The number of hydrogen-bond acceptors (Lipinski definition) is 5. The summed E-state index contributed by atoms with van der Waals surface area (Å²) in [6.45, 7) is 9.87. The van der Waals surface area contributed by atoms with E-state index in [0.29, 0.717) is 22.4 Å². The molecule has 138 valence electrons. The van der Waals surface area contributed by atoms with E-state index in [2.05, 4.69) is 15.9 Å². The number of carboxylic acid groups (broad SMARTS) is 1. The van der Waals surface area contributed by atoms with Gasteiger partial charge in [-0.1, -0.05) is 0 Å². The first-order valence-corrected chi connectivity index (χ1v) is 9.00. The molecule has 0 radical (unpaired) electrons. The maximum Gasteiger partial charge on any atom is 0.466 e. The molecular formula is C17H24BBrO6. The van der Waals surface area contributed by atoms with E-state index in [9.17, 15) is 15.0 Å². The lowest BCUT2D eigenvalue weighted by Gasteiger charge is -2.32. The van der Waals surface area contributed by atoms with Gasteiger partial charge in [0.25, 0.3) is 0 Å². The van der Waals surface area contributed by atoms with E-state index in [4.69, 9.17) is 14.0 Å². The van der Waals surface area contributed by atoms with Crippen LogP contribution in [-0.4, -0.2) is 41.1 Å². The lowest BCUT2D eigenvalue weighted by Crippen LogP contribution is -2.41. The van der Waals surface area contributed by atoms with Gasteiger partial charge >= 0.3 is 13.1 Å². The van der Waals surface area contributed by atoms with E-state index in [-0.39, 0.29) is 12.2 Å². The third-order valence-electron chi connectivity index (χ3n) is 4.77. The highest BCUT2D eigenvalue weighted by atomic mass is 79.9. The minimum absolute atomic E-state index is 0.0198. The number of aliphatic carboxylic acids is 1. The van der Waals surface area contributed by atoms with E-state index in [0.717, 1.165) is 0 Å². The first kappa shape index (κ1) is 20.1. The van der Waals surface area contributed by atoms with Gasteiger partial charge in [-0.25, -0.2) is 0 Å². The van der Waals surface area contributed by atoms with Crippen LogP contribution in [0.3, 0.4) is 0 Å². The Bertz CT molecular complexity index is 645. The third kappa shape index (κ3) is 4.12. The molecule has 2 N–H and O–H groups in total. The number of hydrogen-bond donors (Lipinski definition) is 2. The number of carboxylic acids is 1. The van der Waals surface area contributed by atoms with Crippen LogP contribution in [0.4, 0.5) is 0 Å². The summed E-state index contributed by atoms with van der Waals surface area (Å²) < 4.78 is 18.0. The fraction of sp³-hybridized carbons (Fsp3) is 0.588. The number of benzene rings is 1. The molecule has 1 aromatic rings. The molecule has 0 spiro atoms. The van der Waals surface area contributed by atoms with Crippen LogP contribution in [0, 0.1) is 0 Å². The zero-order chi connectivity index (χ0) is 19.0. The quantitative estimate of drug-likeness (QED) is 0.689. The summed E-state index contributed by atoms with van der Waals surface area (Å²) in [6, 6.07) is 3.32. The summed E-state index contributed by atoms with van der Waals surface area (Å²) in [5.74, 6) is -1.23. The van der Waals surface area contributed by atoms with Crippen LogP contribution in [-0.2, 0) is 14.1 Å². The molecule has 0 aromatic heterocycles. The number of phenols is 1. The Kier molecular flexibility index (Phi) is 5.76. The highest BCUT2D eigenvalue weighted by molar-refractivity contribution is 9.10. The molecule has 1 aromatic carbocycles. The second-order valence-electron chi connectivity index (χ2n) is 7.11. The summed E-state index contributed by atoms with van der Waals surface area (Å²) in [6.07, 6.45) is -0.167. The Balaban J connectivity index is 2.44. The Labute approximate surface area is 156 Å². The molecule has 1 unspecified atom stereocenters. The summed E-state index contributed by atoms with van der Waals surface area (Å²) >= 11 is 3.30. The maximum absolute atomic E-state index is 11.4. The average molecular weight is 415 g/mol. The van der Waals surface area contributed by atoms with Crippen LogP contribution < -0.4 is 4.74 Å². The fourth-order valence-corrected chi connectivity index (χ4v) is 3.15. The van der Waals surface area contributed by atoms with Gasteiger partial charge in [0.15, 0.2) is 11.5 Å². The van der Waals surface area contributed by atoms with Crippen LogP contribution >= 0.6 is 15.9 Å². The molecule has 0 amide bonds. The Hall–Kier alpha value is -1.25. The number of phenolic OH excluding ortho intramolecular Hbond substituents is 1. The van der Waals surface area contributed by atoms with Gasteiger partial charge in [0, 0.05) is 5.82 Å². The number of rotatable bonds is 6. The molecule has 0 aliphatic carbocycles. The second kappa shape index (κ2) is 7.17. The third-order valence-corrected chi connectivity index (χ3v) is 5.38. The highest BCUT2D eigenvalue weighted by Gasteiger charge is 2.54. The maximum atomic E-state index is 11.4. The van der Waals surface area contributed by atoms with Gasteiger partial charge in [0.2, 0.25) is 0 Å². The van der Waals surface area contributed by atoms with Crippen LogP contribution in [0.5, 0.6) is 11.5 Å². The minimum Gasteiger partial charge on any atom is -0.503 e. The first-order valence-electron chi connectivity index (χ1n) is 8.21. The van der Waals surface area contributed by atoms with Crippen molar-refractivity contribution in [1.82, 2.24) is 0 Å². The predicted octanol–water partition coefficient (Wildman–Crippen LogP) is 3.74. The van der Waals surface area contributed by atoms with Crippen molar-refractivity contribution in [3.8, 4) is 11.5 Å². The van der Waals surface area contributed by atoms with E-state index in [1.165, 1.54) is 0 Å². The van der Waals surface area contributed by atoms with Crippen molar-refractivity contribution >= 4 is 29.0 Å². The van der Waals surface area contributed by atoms with Gasteiger partial charge in [-0.15, -0.1) is 0 Å². The molecule has 1 atom stereocenters. The lowest BCUT2D eigenvalue weighted by molar-refractivity contribution is -0.137. The van der Waals surface area contributed by atoms with Crippen LogP contribution in [0.25, 0.3) is 0 Å². The van der Waals surface area contributed by atoms with Crippen molar-refractivity contribution in [1.29, 1.82) is 0 Å². The van der Waals surface area contributed by atoms with Gasteiger partial charge in [0.1, 0.15) is 0 Å². The SMILES string of the molecule is CCOc1cc(C(CC(=O)O)B2OC(C)(C)C(C)(C)O2)cc(Br)c1O. The first-order chi connectivity index (χ1) is 11.5. The Morgan fingerprint density at radius 3 is 2.32 bits per heavy atom. The largest absolute Gasteiger partial charge is 0.503 e. The molecule has 8 heteroatoms. The van der Waals surface area contributed by atoms with Crippen molar-refractivity contribution in [2.75, 3.05) is 6.61 Å². The van der Waals surface area contributed by atoms with Crippen molar-refractivity contribution in [2.24, 2.45) is 0 Å². The summed E-state index contributed by atoms with van der Waals surface area (Å²) in [5.41, 5.74) is -0.467. The Morgan fingerprint density at radius 1 is 1.28 bits per heavy atom. The number of aromatic hydroxyl groups is 1. The monoisotopic (exact) mass is 414 g/mol. The van der Waals surface area contributed by atoms with Gasteiger partial charge in [-0.3, -0.25) is 4.79 Å². The molecule has 1 aliphatic rings. The number of halogens is 1. The normalized spacial score (nSPS) is 19.7. The van der Waals surface area contributed by atoms with Gasteiger partial charge in [-0.05, 0) is 68.2 Å². The molecule has 1 heterocycles. The predicted molar refractivity (Wildman–Crippen MR) is 98.1 cm³/mol. The Morgan fingerprint density at radius 2 is 1.84 bits per heavy atom. The standard InChI is InChI=1S/C17H24BBrO6/c1-6-23-13-8-10(7-12(19)15(13)22)11(9-14(20)21)18-24-16(2,3)17(4,5)25-18/h7-8,11,22H,6,9H2,1-5H3,(H,20,21). The smallest absolute Gasteiger partial charge is 0.466 e. The van der Waals surface area contributed by atoms with Crippen molar-refractivity contribution in [2.45, 2.75) is 58.1 Å².